The van der Waals surface area contributed by atoms with Crippen LogP contribution in [0.4, 0.5) is 0 Å². The molecule has 0 aliphatic rings. The van der Waals surface area contributed by atoms with Crippen molar-refractivity contribution in [1.29, 1.82) is 5.26 Å². The van der Waals surface area contributed by atoms with E-state index in [1.165, 1.54) is 22.9 Å². The van der Waals surface area contributed by atoms with E-state index in [0.717, 1.165) is 31.0 Å². The standard InChI is InChI=1S/C15H21NOS/c1-4-8-17-14-5-6-15(13(3)10-14)12(2)7-9-18-11-16/h5-6,10,12H,4,7-9H2,1-3H3. The second kappa shape index (κ2) is 8.05. The number of thioether (sulfide) groups is 1. The van der Waals surface area contributed by atoms with Crippen LogP contribution in [-0.4, -0.2) is 12.4 Å². The van der Waals surface area contributed by atoms with E-state index in [2.05, 4.69) is 38.3 Å². The number of ether oxygens (including phenoxy) is 1. The molecule has 1 aromatic rings. The number of benzene rings is 1. The Morgan fingerprint density at radius 1 is 1.44 bits per heavy atom. The molecule has 18 heavy (non-hydrogen) atoms. The normalized spacial score (nSPS) is 11.9. The van der Waals surface area contributed by atoms with E-state index in [4.69, 9.17) is 10.00 Å². The zero-order valence-corrected chi connectivity index (χ0v) is 12.2. The predicted octanol–water partition coefficient (Wildman–Crippen LogP) is 4.49. The first-order chi connectivity index (χ1) is 8.69. The van der Waals surface area contributed by atoms with Crippen LogP contribution < -0.4 is 4.74 Å². The van der Waals surface area contributed by atoms with Gasteiger partial charge < -0.3 is 4.74 Å². The Hall–Kier alpha value is -1.14. The lowest BCUT2D eigenvalue weighted by atomic mass is 9.94. The third-order valence-electron chi connectivity index (χ3n) is 2.96. The van der Waals surface area contributed by atoms with Gasteiger partial charge in [0, 0.05) is 5.75 Å². The van der Waals surface area contributed by atoms with Crippen molar-refractivity contribution in [3.63, 3.8) is 0 Å². The summed E-state index contributed by atoms with van der Waals surface area (Å²) in [4.78, 5) is 0. The monoisotopic (exact) mass is 263 g/mol. The van der Waals surface area contributed by atoms with Gasteiger partial charge in [-0.1, -0.05) is 19.9 Å². The summed E-state index contributed by atoms with van der Waals surface area (Å²) in [5.41, 5.74) is 2.63. The van der Waals surface area contributed by atoms with Gasteiger partial charge in [-0.3, -0.25) is 0 Å². The molecule has 0 aliphatic heterocycles. The molecule has 1 rings (SSSR count). The minimum absolute atomic E-state index is 0.492. The minimum atomic E-state index is 0.492. The fraction of sp³-hybridized carbons (Fsp3) is 0.533. The SMILES string of the molecule is CCCOc1ccc(C(C)CCSC#N)c(C)c1. The van der Waals surface area contributed by atoms with Crippen molar-refractivity contribution in [3.8, 4) is 11.2 Å². The highest BCUT2D eigenvalue weighted by molar-refractivity contribution is 8.03. The van der Waals surface area contributed by atoms with Crippen molar-refractivity contribution in [2.75, 3.05) is 12.4 Å². The first-order valence-corrected chi connectivity index (χ1v) is 7.41. The Kier molecular flexibility index (Phi) is 6.67. The quantitative estimate of drug-likeness (QED) is 0.536. The van der Waals surface area contributed by atoms with E-state index in [1.807, 2.05) is 6.07 Å². The van der Waals surface area contributed by atoms with Crippen molar-refractivity contribution in [2.45, 2.75) is 39.5 Å². The van der Waals surface area contributed by atoms with Crippen LogP contribution in [0.3, 0.4) is 0 Å². The molecule has 3 heteroatoms. The number of rotatable bonds is 7. The molecule has 0 heterocycles. The van der Waals surface area contributed by atoms with Gasteiger partial charge in [-0.2, -0.15) is 5.26 Å². The van der Waals surface area contributed by atoms with Gasteiger partial charge in [-0.15, -0.1) is 0 Å². The molecule has 0 aliphatic carbocycles. The maximum atomic E-state index is 8.52. The highest BCUT2D eigenvalue weighted by Crippen LogP contribution is 2.27. The van der Waals surface area contributed by atoms with Crippen LogP contribution >= 0.6 is 11.8 Å². The fourth-order valence-corrected chi connectivity index (χ4v) is 2.51. The Balaban J connectivity index is 2.63. The molecular formula is C15H21NOS. The summed E-state index contributed by atoms with van der Waals surface area (Å²) in [6, 6.07) is 6.31. The lowest BCUT2D eigenvalue weighted by Crippen LogP contribution is -2.00. The molecule has 1 unspecified atom stereocenters. The second-order valence-corrected chi connectivity index (χ2v) is 5.38. The summed E-state index contributed by atoms with van der Waals surface area (Å²) in [6.45, 7) is 7.22. The van der Waals surface area contributed by atoms with Crippen LogP contribution in [0.2, 0.25) is 0 Å². The van der Waals surface area contributed by atoms with Crippen molar-refractivity contribution in [2.24, 2.45) is 0 Å². The minimum Gasteiger partial charge on any atom is -0.494 e. The van der Waals surface area contributed by atoms with Gasteiger partial charge in [-0.25, -0.2) is 0 Å². The van der Waals surface area contributed by atoms with E-state index in [9.17, 15) is 0 Å². The molecule has 1 aromatic carbocycles. The number of hydrogen-bond acceptors (Lipinski definition) is 3. The number of aryl methyl sites for hydroxylation is 1. The summed E-state index contributed by atoms with van der Waals surface area (Å²) in [6.07, 6.45) is 2.07. The zero-order valence-electron chi connectivity index (χ0n) is 11.4. The summed E-state index contributed by atoms with van der Waals surface area (Å²) in [5, 5.41) is 10.6. The maximum Gasteiger partial charge on any atom is 0.133 e. The topological polar surface area (TPSA) is 33.0 Å². The summed E-state index contributed by atoms with van der Waals surface area (Å²) < 4.78 is 5.62. The van der Waals surface area contributed by atoms with Gasteiger partial charge in [-0.05, 0) is 60.7 Å². The number of nitriles is 1. The Labute approximate surface area is 114 Å². The van der Waals surface area contributed by atoms with Crippen LogP contribution in [0.15, 0.2) is 18.2 Å². The molecule has 0 N–H and O–H groups in total. The average molecular weight is 263 g/mol. The second-order valence-electron chi connectivity index (χ2n) is 4.50. The number of hydrogen-bond donors (Lipinski definition) is 0. The third-order valence-corrected chi connectivity index (χ3v) is 3.53. The summed E-state index contributed by atoms with van der Waals surface area (Å²) in [7, 11) is 0. The first kappa shape index (κ1) is 14.9. The molecule has 98 valence electrons. The van der Waals surface area contributed by atoms with Crippen molar-refractivity contribution < 1.29 is 4.74 Å². The van der Waals surface area contributed by atoms with E-state index in [0.29, 0.717) is 5.92 Å². The van der Waals surface area contributed by atoms with Crippen molar-refractivity contribution in [1.82, 2.24) is 0 Å². The van der Waals surface area contributed by atoms with Crippen LogP contribution in [0.25, 0.3) is 0 Å². The maximum absolute atomic E-state index is 8.52. The highest BCUT2D eigenvalue weighted by Gasteiger charge is 2.09. The predicted molar refractivity (Wildman–Crippen MR) is 78.1 cm³/mol. The van der Waals surface area contributed by atoms with Crippen LogP contribution in [0, 0.1) is 17.6 Å². The smallest absolute Gasteiger partial charge is 0.133 e. The average Bonchev–Trinajstić information content (AvgIpc) is 2.36. The van der Waals surface area contributed by atoms with Gasteiger partial charge in [0.15, 0.2) is 0 Å². The first-order valence-electron chi connectivity index (χ1n) is 6.43. The van der Waals surface area contributed by atoms with Gasteiger partial charge in [0.05, 0.1) is 6.61 Å². The fourth-order valence-electron chi connectivity index (χ4n) is 1.95. The molecule has 0 radical (unpaired) electrons. The van der Waals surface area contributed by atoms with E-state index in [-0.39, 0.29) is 0 Å². The Morgan fingerprint density at radius 2 is 2.22 bits per heavy atom. The van der Waals surface area contributed by atoms with Gasteiger partial charge >= 0.3 is 0 Å². The van der Waals surface area contributed by atoms with Gasteiger partial charge in [0.25, 0.3) is 0 Å². The molecule has 2 nitrogen and oxygen atoms in total. The summed E-state index contributed by atoms with van der Waals surface area (Å²) in [5.74, 6) is 2.34. The van der Waals surface area contributed by atoms with Crippen LogP contribution in [0.1, 0.15) is 43.7 Å². The molecular weight excluding hydrogens is 242 g/mol. The molecule has 0 saturated carbocycles. The summed E-state index contributed by atoms with van der Waals surface area (Å²) >= 11 is 1.33. The molecule has 0 aromatic heterocycles. The molecule has 0 amide bonds. The number of thiocyanates is 1. The molecule has 0 fully saturated rings. The third kappa shape index (κ3) is 4.62. The zero-order chi connectivity index (χ0) is 13.4. The highest BCUT2D eigenvalue weighted by atomic mass is 32.2. The van der Waals surface area contributed by atoms with E-state index < -0.39 is 0 Å². The Bertz CT molecular complexity index is 411. The number of nitrogens with zero attached hydrogens (tertiary/aromatic N) is 1. The van der Waals surface area contributed by atoms with Crippen molar-refractivity contribution in [3.05, 3.63) is 29.3 Å². The molecule has 0 bridgehead atoms. The van der Waals surface area contributed by atoms with Crippen LogP contribution in [0.5, 0.6) is 5.75 Å². The lowest BCUT2D eigenvalue weighted by Gasteiger charge is -2.15. The van der Waals surface area contributed by atoms with E-state index >= 15 is 0 Å². The van der Waals surface area contributed by atoms with Crippen molar-refractivity contribution >= 4 is 11.8 Å². The van der Waals surface area contributed by atoms with Gasteiger partial charge in [0.2, 0.25) is 0 Å². The van der Waals surface area contributed by atoms with Crippen LogP contribution in [-0.2, 0) is 0 Å². The van der Waals surface area contributed by atoms with Gasteiger partial charge in [0.1, 0.15) is 11.2 Å². The molecule has 0 saturated heterocycles. The largest absolute Gasteiger partial charge is 0.494 e. The Morgan fingerprint density at radius 3 is 2.83 bits per heavy atom. The lowest BCUT2D eigenvalue weighted by molar-refractivity contribution is 0.317. The van der Waals surface area contributed by atoms with E-state index in [1.54, 1.807) is 0 Å². The molecule has 1 atom stereocenters. The molecule has 0 spiro atoms.